The number of hydrogen-bond donors (Lipinski definition) is 3. The van der Waals surface area contributed by atoms with Gasteiger partial charge < -0.3 is 15.5 Å². The zero-order valence-corrected chi connectivity index (χ0v) is 28.6. The van der Waals surface area contributed by atoms with E-state index in [4.69, 9.17) is 0 Å². The van der Waals surface area contributed by atoms with Crippen molar-refractivity contribution in [3.8, 4) is 0 Å². The average molecular weight is 612 g/mol. The molecule has 2 atom stereocenters. The van der Waals surface area contributed by atoms with Crippen molar-refractivity contribution in [3.63, 3.8) is 0 Å². The summed E-state index contributed by atoms with van der Waals surface area (Å²) < 4.78 is 0. The second kappa shape index (κ2) is 35.3. The van der Waals surface area contributed by atoms with E-state index < -0.39 is 12.1 Å². The van der Waals surface area contributed by atoms with Gasteiger partial charge in [0.15, 0.2) is 0 Å². The third kappa shape index (κ3) is 31.3. The van der Waals surface area contributed by atoms with Gasteiger partial charge in [0.1, 0.15) is 0 Å². The van der Waals surface area contributed by atoms with E-state index in [9.17, 15) is 15.0 Å². The number of carbonyl (C=O) groups is 1. The van der Waals surface area contributed by atoms with Crippen LogP contribution in [-0.2, 0) is 4.79 Å². The number of allylic oxidation sites excluding steroid dienone is 11. The fourth-order valence-electron chi connectivity index (χ4n) is 4.87. The first-order valence-electron chi connectivity index (χ1n) is 18.2. The van der Waals surface area contributed by atoms with Crippen LogP contribution >= 0.6 is 0 Å². The van der Waals surface area contributed by atoms with Crippen LogP contribution in [0.3, 0.4) is 0 Å². The monoisotopic (exact) mass is 612 g/mol. The number of aliphatic hydroxyl groups is 2. The Labute approximate surface area is 272 Å². The lowest BCUT2D eigenvalue weighted by Crippen LogP contribution is -2.45. The number of rotatable bonds is 31. The molecule has 0 aromatic rings. The van der Waals surface area contributed by atoms with Gasteiger partial charge in [-0.2, -0.15) is 0 Å². The minimum Gasteiger partial charge on any atom is -0.394 e. The van der Waals surface area contributed by atoms with E-state index in [1.807, 2.05) is 6.08 Å². The van der Waals surface area contributed by atoms with Crippen LogP contribution in [0.2, 0.25) is 0 Å². The van der Waals surface area contributed by atoms with E-state index in [2.05, 4.69) is 79.9 Å². The largest absolute Gasteiger partial charge is 0.394 e. The fourth-order valence-corrected chi connectivity index (χ4v) is 4.87. The smallest absolute Gasteiger partial charge is 0.220 e. The van der Waals surface area contributed by atoms with Crippen molar-refractivity contribution in [2.24, 2.45) is 0 Å². The number of carbonyl (C=O) groups excluding carboxylic acids is 1. The predicted octanol–water partition coefficient (Wildman–Crippen LogP) is 10.8. The normalized spacial score (nSPS) is 14.0. The summed E-state index contributed by atoms with van der Waals surface area (Å²) in [5, 5.41) is 22.8. The zero-order valence-electron chi connectivity index (χ0n) is 28.6. The van der Waals surface area contributed by atoms with Gasteiger partial charge in [0.2, 0.25) is 5.91 Å². The molecule has 4 heteroatoms. The molecule has 4 nitrogen and oxygen atoms in total. The molecule has 0 aliphatic rings. The van der Waals surface area contributed by atoms with E-state index >= 15 is 0 Å². The van der Waals surface area contributed by atoms with Gasteiger partial charge in [-0.15, -0.1) is 0 Å². The first-order valence-corrected chi connectivity index (χ1v) is 18.2. The van der Waals surface area contributed by atoms with Crippen LogP contribution in [0.5, 0.6) is 0 Å². The van der Waals surface area contributed by atoms with Crippen molar-refractivity contribution in [2.45, 2.75) is 167 Å². The highest BCUT2D eigenvalue weighted by Crippen LogP contribution is 2.11. The quantitative estimate of drug-likeness (QED) is 0.0539. The molecule has 252 valence electrons. The highest BCUT2D eigenvalue weighted by molar-refractivity contribution is 5.76. The average Bonchev–Trinajstić information content (AvgIpc) is 3.03. The minimum absolute atomic E-state index is 0.0935. The van der Waals surface area contributed by atoms with Crippen molar-refractivity contribution in [1.29, 1.82) is 0 Å². The lowest BCUT2D eigenvalue weighted by Gasteiger charge is -2.19. The van der Waals surface area contributed by atoms with Crippen molar-refractivity contribution in [2.75, 3.05) is 6.61 Å². The first-order chi connectivity index (χ1) is 21.7. The second-order valence-electron chi connectivity index (χ2n) is 11.9. The number of nitrogens with one attached hydrogen (secondary N) is 1. The van der Waals surface area contributed by atoms with Gasteiger partial charge >= 0.3 is 0 Å². The molecule has 2 unspecified atom stereocenters. The summed E-state index contributed by atoms with van der Waals surface area (Å²) in [6.07, 6.45) is 49.8. The van der Waals surface area contributed by atoms with Gasteiger partial charge in [-0.1, -0.05) is 145 Å². The molecule has 0 fully saturated rings. The highest BCUT2D eigenvalue weighted by atomic mass is 16.3. The Morgan fingerprint density at radius 3 is 1.59 bits per heavy atom. The Balaban J connectivity index is 3.75. The maximum Gasteiger partial charge on any atom is 0.220 e. The number of hydrogen-bond acceptors (Lipinski definition) is 3. The van der Waals surface area contributed by atoms with E-state index in [-0.39, 0.29) is 12.5 Å². The summed E-state index contributed by atoms with van der Waals surface area (Å²) in [5.74, 6) is -0.0935. The fraction of sp³-hybridized carbons (Fsp3) is 0.675. The Bertz CT molecular complexity index is 792. The molecular weight excluding hydrogens is 542 g/mol. The number of aliphatic hydroxyl groups excluding tert-OH is 2. The first kappa shape index (κ1) is 41.8. The minimum atomic E-state index is -0.876. The molecule has 0 saturated carbocycles. The van der Waals surface area contributed by atoms with Gasteiger partial charge in [0.05, 0.1) is 18.8 Å². The van der Waals surface area contributed by atoms with Crippen molar-refractivity contribution in [3.05, 3.63) is 72.9 Å². The molecule has 3 N–H and O–H groups in total. The SMILES string of the molecule is CC/C=C\C/C=C\C/C=C\CCCCCCCCCC(=O)NC(CO)C(O)/C=C/CC/C=C/CC/C=C/CCCCCCC. The molecule has 0 radical (unpaired) electrons. The van der Waals surface area contributed by atoms with Crippen molar-refractivity contribution in [1.82, 2.24) is 5.32 Å². The van der Waals surface area contributed by atoms with Gasteiger partial charge in [-0.25, -0.2) is 0 Å². The van der Waals surface area contributed by atoms with Crippen molar-refractivity contribution < 1.29 is 15.0 Å². The van der Waals surface area contributed by atoms with Crippen LogP contribution in [0, 0.1) is 0 Å². The molecule has 0 saturated heterocycles. The van der Waals surface area contributed by atoms with Gasteiger partial charge in [-0.05, 0) is 77.0 Å². The van der Waals surface area contributed by atoms with E-state index in [0.717, 1.165) is 70.6 Å². The summed E-state index contributed by atoms with van der Waals surface area (Å²) in [6, 6.07) is -0.652. The van der Waals surface area contributed by atoms with Crippen LogP contribution in [0.4, 0.5) is 0 Å². The van der Waals surface area contributed by atoms with Gasteiger partial charge in [0, 0.05) is 6.42 Å². The predicted molar refractivity (Wildman–Crippen MR) is 193 cm³/mol. The third-order valence-corrected chi connectivity index (χ3v) is 7.65. The topological polar surface area (TPSA) is 69.6 Å². The third-order valence-electron chi connectivity index (χ3n) is 7.65. The summed E-state index contributed by atoms with van der Waals surface area (Å²) in [6.45, 7) is 4.14. The Morgan fingerprint density at radius 1 is 0.568 bits per heavy atom. The lowest BCUT2D eigenvalue weighted by atomic mass is 10.1. The van der Waals surface area contributed by atoms with Crippen LogP contribution in [0.15, 0.2) is 72.9 Å². The number of unbranched alkanes of at least 4 members (excludes halogenated alkanes) is 14. The molecule has 0 aromatic heterocycles. The molecule has 0 aromatic carbocycles. The summed E-state index contributed by atoms with van der Waals surface area (Å²) in [7, 11) is 0. The highest BCUT2D eigenvalue weighted by Gasteiger charge is 2.17. The molecule has 0 rings (SSSR count). The second-order valence-corrected chi connectivity index (χ2v) is 11.9. The van der Waals surface area contributed by atoms with Crippen LogP contribution in [0.1, 0.15) is 155 Å². The summed E-state index contributed by atoms with van der Waals surface area (Å²) >= 11 is 0. The molecule has 0 aliphatic carbocycles. The Hall–Kier alpha value is -2.17. The molecular formula is C40H69NO3. The van der Waals surface area contributed by atoms with Gasteiger partial charge in [-0.3, -0.25) is 4.79 Å². The van der Waals surface area contributed by atoms with Crippen molar-refractivity contribution >= 4 is 5.91 Å². The lowest BCUT2D eigenvalue weighted by molar-refractivity contribution is -0.123. The summed E-state index contributed by atoms with van der Waals surface area (Å²) in [4.78, 5) is 12.3. The molecule has 44 heavy (non-hydrogen) atoms. The maximum absolute atomic E-state index is 12.3. The number of amides is 1. The summed E-state index contributed by atoms with van der Waals surface area (Å²) in [5.41, 5.74) is 0. The van der Waals surface area contributed by atoms with E-state index in [1.165, 1.54) is 64.2 Å². The zero-order chi connectivity index (χ0) is 32.2. The van der Waals surface area contributed by atoms with Crippen LogP contribution in [0.25, 0.3) is 0 Å². The van der Waals surface area contributed by atoms with Gasteiger partial charge in [0.25, 0.3) is 0 Å². The molecule has 1 amide bonds. The van der Waals surface area contributed by atoms with Crippen LogP contribution < -0.4 is 5.32 Å². The molecule has 0 spiro atoms. The standard InChI is InChI=1S/C40H69NO3/c1-3-5-7-9-11-13-15-17-19-20-22-24-26-28-30-32-34-36-40(44)41-38(37-42)39(43)35-33-31-29-27-25-23-21-18-16-14-12-10-8-6-4-2/h5,7,11,13,16-19,25,27,33,35,38-39,42-43H,3-4,6,8-10,12,14-15,20-24,26,28-32,34,36-37H2,1-2H3,(H,41,44)/b7-5-,13-11-,18-16+,19-17-,27-25+,35-33+. The molecule has 0 bridgehead atoms. The van der Waals surface area contributed by atoms with E-state index in [1.54, 1.807) is 6.08 Å². The van der Waals surface area contributed by atoms with Crippen LogP contribution in [-0.4, -0.2) is 34.9 Å². The van der Waals surface area contributed by atoms with E-state index in [0.29, 0.717) is 6.42 Å². The molecule has 0 aliphatic heterocycles. The Morgan fingerprint density at radius 2 is 1.02 bits per heavy atom. The molecule has 0 heterocycles. The Kier molecular flexibility index (Phi) is 33.6. The maximum atomic E-state index is 12.3.